The molecule has 2 amide bonds. The molecule has 2 fully saturated rings. The predicted octanol–water partition coefficient (Wildman–Crippen LogP) is 5.31. The van der Waals surface area contributed by atoms with Crippen molar-refractivity contribution in [1.29, 1.82) is 0 Å². The summed E-state index contributed by atoms with van der Waals surface area (Å²) >= 11 is 0. The van der Waals surface area contributed by atoms with Gasteiger partial charge in [0.25, 0.3) is 11.6 Å². The molecule has 0 bridgehead atoms. The monoisotopic (exact) mass is 491 g/mol. The Bertz CT molecular complexity index is 1510. The van der Waals surface area contributed by atoms with E-state index in [1.54, 1.807) is 60.7 Å². The van der Waals surface area contributed by atoms with E-state index >= 15 is 0 Å². The summed E-state index contributed by atoms with van der Waals surface area (Å²) in [7, 11) is 0. The number of hydrogen-bond acceptors (Lipinski definition) is 6. The Labute approximate surface area is 212 Å². The van der Waals surface area contributed by atoms with Crippen LogP contribution >= 0.6 is 0 Å². The number of nitrogens with zero attached hydrogens (tertiary/aromatic N) is 3. The largest absolute Gasteiger partial charge is 0.274 e. The van der Waals surface area contributed by atoms with Crippen molar-refractivity contribution < 1.29 is 19.3 Å². The number of anilines is 2. The predicted molar refractivity (Wildman–Crippen MR) is 137 cm³/mol. The quantitative estimate of drug-likeness (QED) is 0.213. The summed E-state index contributed by atoms with van der Waals surface area (Å²) in [5.41, 5.74) is 3.01. The van der Waals surface area contributed by atoms with Crippen LogP contribution in [-0.4, -0.2) is 22.8 Å². The minimum Gasteiger partial charge on any atom is -0.273 e. The average Bonchev–Trinajstić information content (AvgIpc) is 3.45. The van der Waals surface area contributed by atoms with E-state index in [-0.39, 0.29) is 5.69 Å². The van der Waals surface area contributed by atoms with Crippen LogP contribution in [0, 0.1) is 16.0 Å². The Morgan fingerprint density at radius 3 is 2.05 bits per heavy atom. The highest BCUT2D eigenvalue weighted by Gasteiger charge is 2.61. The van der Waals surface area contributed by atoms with Crippen molar-refractivity contribution >= 4 is 28.9 Å². The first-order valence-electron chi connectivity index (χ1n) is 11.8. The first-order chi connectivity index (χ1) is 18.0. The summed E-state index contributed by atoms with van der Waals surface area (Å²) < 4.78 is 0. The summed E-state index contributed by atoms with van der Waals surface area (Å²) in [5.74, 6) is -1.92. The van der Waals surface area contributed by atoms with Crippen LogP contribution < -0.4 is 9.96 Å². The molecule has 2 heterocycles. The number of carbonyl (C=O) groups is 2. The van der Waals surface area contributed by atoms with Crippen LogP contribution in [0.15, 0.2) is 109 Å². The number of nitro benzene ring substituents is 1. The molecule has 0 radical (unpaired) electrons. The molecule has 2 saturated heterocycles. The van der Waals surface area contributed by atoms with Gasteiger partial charge in [0.15, 0.2) is 6.10 Å². The van der Waals surface area contributed by atoms with Crippen LogP contribution in [0.4, 0.5) is 17.1 Å². The maximum Gasteiger partial charge on any atom is 0.274 e. The summed E-state index contributed by atoms with van der Waals surface area (Å²) in [4.78, 5) is 46.2. The van der Waals surface area contributed by atoms with Crippen molar-refractivity contribution in [3.8, 4) is 11.1 Å². The van der Waals surface area contributed by atoms with E-state index in [1.807, 2.05) is 42.5 Å². The molecule has 0 aliphatic carbocycles. The molecule has 8 nitrogen and oxygen atoms in total. The third kappa shape index (κ3) is 3.75. The number of rotatable bonds is 5. The second-order valence-corrected chi connectivity index (χ2v) is 8.90. The van der Waals surface area contributed by atoms with Gasteiger partial charge in [-0.25, -0.2) is 9.96 Å². The molecule has 4 aromatic rings. The zero-order valence-corrected chi connectivity index (χ0v) is 19.5. The van der Waals surface area contributed by atoms with Gasteiger partial charge in [-0.15, -0.1) is 0 Å². The first kappa shape index (κ1) is 22.6. The van der Waals surface area contributed by atoms with Crippen molar-refractivity contribution in [2.24, 2.45) is 5.92 Å². The number of hydrogen-bond donors (Lipinski definition) is 0. The molecule has 37 heavy (non-hydrogen) atoms. The Morgan fingerprint density at radius 1 is 0.703 bits per heavy atom. The number of hydroxylamine groups is 1. The fraction of sp³-hybridized carbons (Fsp3) is 0.103. The van der Waals surface area contributed by atoms with Gasteiger partial charge in [0, 0.05) is 6.07 Å². The lowest BCUT2D eigenvalue weighted by atomic mass is 9.89. The summed E-state index contributed by atoms with van der Waals surface area (Å²) in [5, 5.41) is 13.4. The number of carbonyl (C=O) groups excluding carboxylic acids is 2. The Hall–Kier alpha value is -4.82. The molecular formula is C29H21N3O5. The molecule has 182 valence electrons. The van der Waals surface area contributed by atoms with Crippen LogP contribution in [0.25, 0.3) is 11.1 Å². The second-order valence-electron chi connectivity index (χ2n) is 8.90. The van der Waals surface area contributed by atoms with Crippen molar-refractivity contribution in [3.05, 3.63) is 125 Å². The zero-order valence-electron chi connectivity index (χ0n) is 19.5. The minimum atomic E-state index is -1.11. The van der Waals surface area contributed by atoms with Crippen LogP contribution in [0.1, 0.15) is 11.6 Å². The van der Waals surface area contributed by atoms with E-state index in [2.05, 4.69) is 0 Å². The van der Waals surface area contributed by atoms with E-state index in [0.717, 1.165) is 16.0 Å². The number of fused-ring (bicyclic) bond motifs is 1. The lowest BCUT2D eigenvalue weighted by molar-refractivity contribution is -0.385. The van der Waals surface area contributed by atoms with Gasteiger partial charge in [0.2, 0.25) is 5.91 Å². The lowest BCUT2D eigenvalue weighted by Crippen LogP contribution is -2.37. The summed E-state index contributed by atoms with van der Waals surface area (Å²) in [6, 6.07) is 31.2. The van der Waals surface area contributed by atoms with Crippen molar-refractivity contribution in [2.75, 3.05) is 9.96 Å². The molecule has 3 atom stereocenters. The van der Waals surface area contributed by atoms with E-state index < -0.39 is 34.8 Å². The zero-order chi connectivity index (χ0) is 25.5. The summed E-state index contributed by atoms with van der Waals surface area (Å²) in [6.07, 6.45) is -1.11. The van der Waals surface area contributed by atoms with Crippen molar-refractivity contribution in [2.45, 2.75) is 12.1 Å². The molecule has 2 aliphatic rings. The van der Waals surface area contributed by atoms with Gasteiger partial charge in [-0.2, -0.15) is 0 Å². The Morgan fingerprint density at radius 2 is 1.32 bits per heavy atom. The molecule has 2 aliphatic heterocycles. The molecule has 0 aromatic heterocycles. The Balaban J connectivity index is 1.44. The number of benzene rings is 4. The molecule has 4 aromatic carbocycles. The second kappa shape index (κ2) is 9.00. The molecular weight excluding hydrogens is 470 g/mol. The standard InChI is InChI=1S/C29H21N3O5/c33-28-25-26(23-16-7-8-17-24(23)32(35)36)31(21-13-5-2-6-14-21)37-27(25)29(34)30(28)22-15-9-12-20(18-22)19-10-3-1-4-11-19/h1-18,25-27H. The third-order valence-electron chi connectivity index (χ3n) is 6.79. The van der Waals surface area contributed by atoms with Gasteiger partial charge in [0.1, 0.15) is 12.0 Å². The molecule has 0 spiro atoms. The van der Waals surface area contributed by atoms with Gasteiger partial charge < -0.3 is 0 Å². The van der Waals surface area contributed by atoms with Crippen molar-refractivity contribution in [3.63, 3.8) is 0 Å². The van der Waals surface area contributed by atoms with Gasteiger partial charge >= 0.3 is 0 Å². The van der Waals surface area contributed by atoms with E-state index in [9.17, 15) is 19.7 Å². The molecule has 0 N–H and O–H groups in total. The molecule has 3 unspecified atom stereocenters. The smallest absolute Gasteiger partial charge is 0.273 e. The van der Waals surface area contributed by atoms with E-state index in [0.29, 0.717) is 16.9 Å². The number of amides is 2. The first-order valence-corrected chi connectivity index (χ1v) is 11.8. The fourth-order valence-electron chi connectivity index (χ4n) is 5.14. The maximum atomic E-state index is 13.9. The Kier molecular flexibility index (Phi) is 5.50. The highest BCUT2D eigenvalue weighted by atomic mass is 16.7. The normalized spacial score (nSPS) is 20.8. The van der Waals surface area contributed by atoms with Crippen LogP contribution in [0.5, 0.6) is 0 Å². The van der Waals surface area contributed by atoms with Crippen molar-refractivity contribution in [1.82, 2.24) is 0 Å². The maximum absolute atomic E-state index is 13.9. The molecule has 6 rings (SSSR count). The SMILES string of the molecule is O=C1C2ON(c3ccccc3)C(c3ccccc3[N+](=O)[O-])C2C(=O)N1c1cccc(-c2ccccc2)c1. The fourth-order valence-corrected chi connectivity index (χ4v) is 5.14. The van der Waals surface area contributed by atoms with E-state index in [1.165, 1.54) is 11.1 Å². The molecule has 8 heteroatoms. The highest BCUT2D eigenvalue weighted by Crippen LogP contribution is 2.49. The lowest BCUT2D eigenvalue weighted by Gasteiger charge is -2.28. The molecule has 0 saturated carbocycles. The minimum absolute atomic E-state index is 0.137. The number of para-hydroxylation sites is 2. The van der Waals surface area contributed by atoms with Crippen LogP contribution in [0.3, 0.4) is 0 Å². The number of nitro groups is 1. The summed E-state index contributed by atoms with van der Waals surface area (Å²) in [6.45, 7) is 0. The van der Waals surface area contributed by atoms with Gasteiger partial charge in [-0.3, -0.25) is 24.5 Å². The van der Waals surface area contributed by atoms with Crippen LogP contribution in [-0.2, 0) is 14.4 Å². The highest BCUT2D eigenvalue weighted by molar-refractivity contribution is 6.24. The van der Waals surface area contributed by atoms with Gasteiger partial charge in [0.05, 0.1) is 21.9 Å². The number of imide groups is 1. The third-order valence-corrected chi connectivity index (χ3v) is 6.79. The average molecular weight is 492 g/mol. The topological polar surface area (TPSA) is 93.0 Å². The van der Waals surface area contributed by atoms with Crippen LogP contribution in [0.2, 0.25) is 0 Å². The van der Waals surface area contributed by atoms with Gasteiger partial charge in [-0.1, -0.05) is 72.8 Å². The van der Waals surface area contributed by atoms with Gasteiger partial charge in [-0.05, 0) is 41.5 Å². The van der Waals surface area contributed by atoms with E-state index in [4.69, 9.17) is 4.84 Å².